The first kappa shape index (κ1) is 16.6. The van der Waals surface area contributed by atoms with Crippen LogP contribution in [0.5, 0.6) is 0 Å². The van der Waals surface area contributed by atoms with Gasteiger partial charge in [0.05, 0.1) is 0 Å². The van der Waals surface area contributed by atoms with Crippen molar-refractivity contribution in [3.8, 4) is 11.5 Å². The van der Waals surface area contributed by atoms with Gasteiger partial charge in [-0.1, -0.05) is 19.1 Å². The molecule has 0 atom stereocenters. The SMILES string of the molecule is CCc1ccc(-c2nc3cc(NC(=O)c4ccc(Br)o4)ccc3o2)cc1. The summed E-state index contributed by atoms with van der Waals surface area (Å²) < 4.78 is 11.6. The fourth-order valence-corrected chi connectivity index (χ4v) is 2.95. The number of aromatic nitrogens is 1. The van der Waals surface area contributed by atoms with E-state index in [2.05, 4.69) is 45.3 Å². The molecule has 0 saturated carbocycles. The van der Waals surface area contributed by atoms with Crippen LogP contribution < -0.4 is 5.32 Å². The molecule has 0 saturated heterocycles. The van der Waals surface area contributed by atoms with Crippen LogP contribution in [-0.2, 0) is 6.42 Å². The number of fused-ring (bicyclic) bond motifs is 1. The number of hydrogen-bond donors (Lipinski definition) is 1. The highest BCUT2D eigenvalue weighted by atomic mass is 79.9. The zero-order valence-electron chi connectivity index (χ0n) is 14.0. The minimum absolute atomic E-state index is 0.230. The summed E-state index contributed by atoms with van der Waals surface area (Å²) in [5, 5.41) is 2.79. The van der Waals surface area contributed by atoms with E-state index in [1.807, 2.05) is 12.1 Å². The lowest BCUT2D eigenvalue weighted by Gasteiger charge is -2.02. The Bertz CT molecular complexity index is 1080. The standard InChI is InChI=1S/C20H15BrN2O3/c1-2-12-3-5-13(6-4-12)20-23-15-11-14(7-8-16(15)26-20)22-19(24)17-9-10-18(21)25-17/h3-11H,2H2,1H3,(H,22,24). The predicted octanol–water partition coefficient (Wildman–Crippen LogP) is 5.67. The van der Waals surface area contributed by atoms with Crippen molar-refractivity contribution >= 4 is 38.6 Å². The largest absolute Gasteiger partial charge is 0.444 e. The molecule has 1 N–H and O–H groups in total. The maximum atomic E-state index is 12.2. The molecule has 2 heterocycles. The van der Waals surface area contributed by atoms with E-state index in [0.29, 0.717) is 27.3 Å². The first-order chi connectivity index (χ1) is 12.6. The molecule has 0 aliphatic carbocycles. The van der Waals surface area contributed by atoms with E-state index in [-0.39, 0.29) is 11.7 Å². The molecule has 26 heavy (non-hydrogen) atoms. The minimum Gasteiger partial charge on any atom is -0.444 e. The number of carbonyl (C=O) groups excluding carboxylic acids is 1. The maximum Gasteiger partial charge on any atom is 0.291 e. The summed E-state index contributed by atoms with van der Waals surface area (Å²) in [6.07, 6.45) is 0.989. The van der Waals surface area contributed by atoms with Crippen molar-refractivity contribution in [1.29, 1.82) is 0 Å². The molecule has 0 aliphatic rings. The molecule has 2 aromatic heterocycles. The number of halogens is 1. The number of carbonyl (C=O) groups is 1. The number of oxazole rings is 1. The molecule has 0 aliphatic heterocycles. The Balaban J connectivity index is 1.60. The van der Waals surface area contributed by atoms with Crippen molar-refractivity contribution in [1.82, 2.24) is 4.98 Å². The smallest absolute Gasteiger partial charge is 0.291 e. The lowest BCUT2D eigenvalue weighted by Crippen LogP contribution is -2.10. The van der Waals surface area contributed by atoms with E-state index in [9.17, 15) is 4.79 Å². The van der Waals surface area contributed by atoms with Crippen LogP contribution in [0.25, 0.3) is 22.6 Å². The molecule has 0 unspecified atom stereocenters. The van der Waals surface area contributed by atoms with Crippen molar-refractivity contribution in [2.75, 3.05) is 5.32 Å². The van der Waals surface area contributed by atoms with E-state index < -0.39 is 0 Å². The Hall–Kier alpha value is -2.86. The van der Waals surface area contributed by atoms with Crippen LogP contribution in [0.15, 0.2) is 68.1 Å². The van der Waals surface area contributed by atoms with Crippen LogP contribution in [0.4, 0.5) is 5.69 Å². The molecule has 6 heteroatoms. The minimum atomic E-state index is -0.325. The van der Waals surface area contributed by atoms with Crippen LogP contribution in [-0.4, -0.2) is 10.9 Å². The van der Waals surface area contributed by atoms with Crippen molar-refractivity contribution in [3.63, 3.8) is 0 Å². The maximum absolute atomic E-state index is 12.2. The summed E-state index contributed by atoms with van der Waals surface area (Å²) >= 11 is 3.18. The molecule has 5 nitrogen and oxygen atoms in total. The molecule has 0 fully saturated rings. The van der Waals surface area contributed by atoms with Crippen LogP contribution in [0.3, 0.4) is 0 Å². The van der Waals surface area contributed by atoms with Gasteiger partial charge in [-0.2, -0.15) is 0 Å². The average Bonchev–Trinajstić information content (AvgIpc) is 3.27. The van der Waals surface area contributed by atoms with Gasteiger partial charge in [-0.05, 0) is 70.4 Å². The molecular weight excluding hydrogens is 396 g/mol. The quantitative estimate of drug-likeness (QED) is 0.470. The highest BCUT2D eigenvalue weighted by Gasteiger charge is 2.13. The summed E-state index contributed by atoms with van der Waals surface area (Å²) in [6.45, 7) is 2.12. The van der Waals surface area contributed by atoms with Crippen molar-refractivity contribution < 1.29 is 13.6 Å². The molecule has 0 spiro atoms. The first-order valence-corrected chi connectivity index (χ1v) is 8.98. The topological polar surface area (TPSA) is 68.3 Å². The van der Waals surface area contributed by atoms with Crippen LogP contribution in [0, 0.1) is 0 Å². The number of nitrogens with one attached hydrogen (secondary N) is 1. The fraction of sp³-hybridized carbons (Fsp3) is 0.100. The van der Waals surface area contributed by atoms with Crippen molar-refractivity contribution in [2.24, 2.45) is 0 Å². The molecule has 1 amide bonds. The van der Waals surface area contributed by atoms with Crippen LogP contribution in [0.1, 0.15) is 23.0 Å². The number of rotatable bonds is 4. The number of amides is 1. The average molecular weight is 411 g/mol. The Morgan fingerprint density at radius 1 is 1.08 bits per heavy atom. The van der Waals surface area contributed by atoms with E-state index >= 15 is 0 Å². The highest BCUT2D eigenvalue weighted by molar-refractivity contribution is 9.10. The number of benzene rings is 2. The third-order valence-corrected chi connectivity index (χ3v) is 4.48. The molecule has 4 rings (SSSR count). The Morgan fingerprint density at radius 2 is 1.88 bits per heavy atom. The van der Waals surface area contributed by atoms with Gasteiger partial charge in [-0.25, -0.2) is 4.98 Å². The number of nitrogens with zero attached hydrogens (tertiary/aromatic N) is 1. The lowest BCUT2D eigenvalue weighted by atomic mass is 10.1. The van der Waals surface area contributed by atoms with Gasteiger partial charge in [0.2, 0.25) is 5.89 Å². The zero-order chi connectivity index (χ0) is 18.1. The fourth-order valence-electron chi connectivity index (χ4n) is 2.64. The molecule has 0 radical (unpaired) electrons. The van der Waals surface area contributed by atoms with Crippen molar-refractivity contribution in [3.05, 3.63) is 70.6 Å². The molecule has 2 aromatic carbocycles. The third-order valence-electron chi connectivity index (χ3n) is 4.05. The zero-order valence-corrected chi connectivity index (χ0v) is 15.5. The van der Waals surface area contributed by atoms with Crippen LogP contribution >= 0.6 is 15.9 Å². The normalized spacial score (nSPS) is 11.0. The summed E-state index contributed by atoms with van der Waals surface area (Å²) in [5.74, 6) is 0.462. The monoisotopic (exact) mass is 410 g/mol. The van der Waals surface area contributed by atoms with Gasteiger partial charge in [0.25, 0.3) is 5.91 Å². The van der Waals surface area contributed by atoms with E-state index in [4.69, 9.17) is 8.83 Å². The van der Waals surface area contributed by atoms with E-state index in [1.54, 1.807) is 30.3 Å². The number of hydrogen-bond acceptors (Lipinski definition) is 4. The van der Waals surface area contributed by atoms with Crippen molar-refractivity contribution in [2.45, 2.75) is 13.3 Å². The van der Waals surface area contributed by atoms with E-state index in [1.165, 1.54) is 5.56 Å². The molecular formula is C20H15BrN2O3. The lowest BCUT2D eigenvalue weighted by molar-refractivity contribution is 0.0995. The van der Waals surface area contributed by atoms with Gasteiger partial charge in [0.1, 0.15) is 5.52 Å². The third kappa shape index (κ3) is 3.28. The molecule has 4 aromatic rings. The molecule has 0 bridgehead atoms. The Labute approximate surface area is 158 Å². The second-order valence-corrected chi connectivity index (χ2v) is 6.59. The van der Waals surface area contributed by atoms with Gasteiger partial charge in [0, 0.05) is 11.3 Å². The second kappa shape index (κ2) is 6.80. The van der Waals surface area contributed by atoms with Gasteiger partial charge in [-0.15, -0.1) is 0 Å². The number of aryl methyl sites for hydroxylation is 1. The van der Waals surface area contributed by atoms with Gasteiger partial charge in [-0.3, -0.25) is 4.79 Å². The Morgan fingerprint density at radius 3 is 2.58 bits per heavy atom. The Kier molecular flexibility index (Phi) is 4.34. The first-order valence-electron chi connectivity index (χ1n) is 8.19. The van der Waals surface area contributed by atoms with Crippen LogP contribution in [0.2, 0.25) is 0 Å². The highest BCUT2D eigenvalue weighted by Crippen LogP contribution is 2.27. The van der Waals surface area contributed by atoms with E-state index in [0.717, 1.165) is 12.0 Å². The summed E-state index contributed by atoms with van der Waals surface area (Å²) in [5.41, 5.74) is 4.15. The molecule has 130 valence electrons. The summed E-state index contributed by atoms with van der Waals surface area (Å²) in [6, 6.07) is 16.8. The number of anilines is 1. The van der Waals surface area contributed by atoms with Gasteiger partial charge >= 0.3 is 0 Å². The number of furan rings is 1. The van der Waals surface area contributed by atoms with Gasteiger partial charge in [0.15, 0.2) is 16.0 Å². The van der Waals surface area contributed by atoms with Gasteiger partial charge < -0.3 is 14.2 Å². The summed E-state index contributed by atoms with van der Waals surface area (Å²) in [4.78, 5) is 16.7. The predicted molar refractivity (Wildman–Crippen MR) is 103 cm³/mol. The summed E-state index contributed by atoms with van der Waals surface area (Å²) in [7, 11) is 0. The second-order valence-electron chi connectivity index (χ2n) is 5.81.